The Morgan fingerprint density at radius 1 is 1.27 bits per heavy atom. The first kappa shape index (κ1) is 10.1. The predicted octanol–water partition coefficient (Wildman–Crippen LogP) is 3.20. The lowest BCUT2D eigenvalue weighted by atomic mass is 10.2. The van der Waals surface area contributed by atoms with Crippen molar-refractivity contribution in [2.45, 2.75) is 12.2 Å². The molecule has 1 atom stereocenters. The molecule has 1 unspecified atom stereocenters. The quantitative estimate of drug-likeness (QED) is 0.732. The lowest BCUT2D eigenvalue weighted by Gasteiger charge is -2.16. The summed E-state index contributed by atoms with van der Waals surface area (Å²) in [4.78, 5) is 0. The summed E-state index contributed by atoms with van der Waals surface area (Å²) < 4.78 is 10.7. The van der Waals surface area contributed by atoms with Crippen molar-refractivity contribution in [1.82, 2.24) is 0 Å². The predicted molar refractivity (Wildman–Crippen MR) is 59.2 cm³/mol. The van der Waals surface area contributed by atoms with Crippen LogP contribution in [0.15, 0.2) is 54.5 Å². The van der Waals surface area contributed by atoms with E-state index in [1.165, 1.54) is 0 Å². The van der Waals surface area contributed by atoms with Gasteiger partial charge in [0, 0.05) is 6.08 Å². The van der Waals surface area contributed by atoms with E-state index in [1.807, 2.05) is 36.4 Å². The topological polar surface area (TPSA) is 18.5 Å². The lowest BCUT2D eigenvalue weighted by Crippen LogP contribution is -2.07. The second-order valence-electron chi connectivity index (χ2n) is 3.11. The molecule has 15 heavy (non-hydrogen) atoms. The van der Waals surface area contributed by atoms with E-state index in [-0.39, 0.29) is 0 Å². The molecule has 1 aromatic carbocycles. The van der Waals surface area contributed by atoms with Crippen molar-refractivity contribution in [3.63, 3.8) is 0 Å². The molecule has 1 aliphatic rings. The zero-order chi connectivity index (χ0) is 10.5. The smallest absolute Gasteiger partial charge is 0.281 e. The van der Waals surface area contributed by atoms with Gasteiger partial charge in [0.15, 0.2) is 5.56 Å². The molecule has 0 N–H and O–H groups in total. The van der Waals surface area contributed by atoms with Crippen molar-refractivity contribution >= 4 is 11.6 Å². The average molecular weight is 223 g/mol. The monoisotopic (exact) mass is 222 g/mol. The van der Waals surface area contributed by atoms with Crippen molar-refractivity contribution in [1.29, 1.82) is 0 Å². The van der Waals surface area contributed by atoms with Gasteiger partial charge in [-0.1, -0.05) is 48.0 Å². The molecule has 0 amide bonds. The maximum Gasteiger partial charge on any atom is 0.281 e. The number of halogens is 1. The highest BCUT2D eigenvalue weighted by Crippen LogP contribution is 2.16. The van der Waals surface area contributed by atoms with Crippen LogP contribution in [0, 0.1) is 0 Å². The summed E-state index contributed by atoms with van der Waals surface area (Å²) in [6.07, 6.45) is 5.32. The van der Waals surface area contributed by atoms with Crippen molar-refractivity contribution in [3.05, 3.63) is 60.1 Å². The number of rotatable bonds is 3. The highest BCUT2D eigenvalue weighted by atomic mass is 35.5. The van der Waals surface area contributed by atoms with Gasteiger partial charge in [-0.15, -0.1) is 0 Å². The van der Waals surface area contributed by atoms with E-state index in [0.29, 0.717) is 12.6 Å². The van der Waals surface area contributed by atoms with E-state index in [0.717, 1.165) is 5.56 Å². The molecule has 1 aromatic rings. The van der Waals surface area contributed by atoms with Crippen LogP contribution in [0.3, 0.4) is 0 Å². The number of alkyl halides is 1. The van der Waals surface area contributed by atoms with Crippen LogP contribution in [0.2, 0.25) is 0 Å². The first-order valence-corrected chi connectivity index (χ1v) is 5.14. The van der Waals surface area contributed by atoms with Crippen molar-refractivity contribution in [2.24, 2.45) is 0 Å². The minimum Gasteiger partial charge on any atom is -0.461 e. The molecule has 2 rings (SSSR count). The van der Waals surface area contributed by atoms with Crippen LogP contribution in [0.5, 0.6) is 0 Å². The van der Waals surface area contributed by atoms with Crippen LogP contribution < -0.4 is 0 Å². The Bertz CT molecular complexity index is 370. The summed E-state index contributed by atoms with van der Waals surface area (Å²) in [6.45, 7) is 0.490. The zero-order valence-electron chi connectivity index (χ0n) is 8.10. The van der Waals surface area contributed by atoms with Crippen LogP contribution in [0.1, 0.15) is 5.56 Å². The molecule has 1 aliphatic heterocycles. The number of hydrogen-bond donors (Lipinski definition) is 0. The second-order valence-corrected chi connectivity index (χ2v) is 3.54. The maximum absolute atomic E-state index is 5.76. The zero-order valence-corrected chi connectivity index (χ0v) is 8.85. The highest BCUT2D eigenvalue weighted by molar-refractivity contribution is 6.20. The van der Waals surface area contributed by atoms with Crippen LogP contribution in [0.4, 0.5) is 0 Å². The Morgan fingerprint density at radius 3 is 2.80 bits per heavy atom. The lowest BCUT2D eigenvalue weighted by molar-refractivity contribution is 0.0245. The number of hydrogen-bond acceptors (Lipinski definition) is 2. The van der Waals surface area contributed by atoms with Crippen LogP contribution in [0.25, 0.3) is 0 Å². The summed E-state index contributed by atoms with van der Waals surface area (Å²) >= 11 is 5.76. The van der Waals surface area contributed by atoms with E-state index in [4.69, 9.17) is 21.1 Å². The van der Waals surface area contributed by atoms with E-state index in [1.54, 1.807) is 12.2 Å². The number of benzene rings is 1. The van der Waals surface area contributed by atoms with Gasteiger partial charge in [-0.25, -0.2) is 0 Å². The van der Waals surface area contributed by atoms with Gasteiger partial charge < -0.3 is 9.47 Å². The molecule has 78 valence electrons. The van der Waals surface area contributed by atoms with Gasteiger partial charge in [-0.05, 0) is 11.6 Å². The fraction of sp³-hybridized carbons (Fsp3) is 0.167. The first-order chi connectivity index (χ1) is 7.34. The minimum absolute atomic E-state index is 0.430. The number of ether oxygens (including phenoxy) is 2. The fourth-order valence-electron chi connectivity index (χ4n) is 1.22. The van der Waals surface area contributed by atoms with Crippen LogP contribution >= 0.6 is 11.6 Å². The Morgan fingerprint density at radius 2 is 2.07 bits per heavy atom. The van der Waals surface area contributed by atoms with Gasteiger partial charge in [0.25, 0.3) is 5.95 Å². The van der Waals surface area contributed by atoms with E-state index in [2.05, 4.69) is 0 Å². The van der Waals surface area contributed by atoms with Gasteiger partial charge in [-0.3, -0.25) is 0 Å². The summed E-state index contributed by atoms with van der Waals surface area (Å²) in [7, 11) is 0. The summed E-state index contributed by atoms with van der Waals surface area (Å²) in [5.41, 5.74) is 0.670. The fourth-order valence-corrected chi connectivity index (χ4v) is 1.39. The molecule has 0 saturated heterocycles. The SMILES string of the molecule is ClC1C=CC=C(OCc2ccccc2)O1. The molecular weight excluding hydrogens is 212 g/mol. The maximum atomic E-state index is 5.76. The van der Waals surface area contributed by atoms with E-state index < -0.39 is 5.56 Å². The van der Waals surface area contributed by atoms with Gasteiger partial charge in [-0.2, -0.15) is 0 Å². The van der Waals surface area contributed by atoms with Crippen LogP contribution in [-0.4, -0.2) is 5.56 Å². The summed E-state index contributed by atoms with van der Waals surface area (Å²) in [5.74, 6) is 0.460. The third-order valence-electron chi connectivity index (χ3n) is 1.95. The standard InChI is InChI=1S/C12H11ClO2/c13-11-7-4-8-12(15-11)14-9-10-5-2-1-3-6-10/h1-8,11H,9H2. The van der Waals surface area contributed by atoms with E-state index >= 15 is 0 Å². The molecule has 1 heterocycles. The van der Waals surface area contributed by atoms with Crippen molar-refractivity contribution in [2.75, 3.05) is 0 Å². The molecule has 0 radical (unpaired) electrons. The van der Waals surface area contributed by atoms with Gasteiger partial charge in [0.2, 0.25) is 0 Å². The first-order valence-electron chi connectivity index (χ1n) is 4.70. The normalized spacial score (nSPS) is 19.3. The molecule has 3 heteroatoms. The van der Waals surface area contributed by atoms with Crippen molar-refractivity contribution < 1.29 is 9.47 Å². The van der Waals surface area contributed by atoms with Gasteiger partial charge in [0.05, 0.1) is 0 Å². The molecular formula is C12H11ClO2. The molecule has 0 aliphatic carbocycles. The van der Waals surface area contributed by atoms with E-state index in [9.17, 15) is 0 Å². The Balaban J connectivity index is 1.89. The third-order valence-corrected chi connectivity index (χ3v) is 2.18. The molecule has 0 aromatic heterocycles. The molecule has 0 bridgehead atoms. The molecule has 0 saturated carbocycles. The molecule has 0 fully saturated rings. The average Bonchev–Trinajstić information content (AvgIpc) is 2.28. The number of allylic oxidation sites excluding steroid dienone is 2. The van der Waals surface area contributed by atoms with Gasteiger partial charge in [0.1, 0.15) is 6.61 Å². The Hall–Kier alpha value is -1.41. The highest BCUT2D eigenvalue weighted by Gasteiger charge is 2.09. The van der Waals surface area contributed by atoms with Crippen molar-refractivity contribution in [3.8, 4) is 0 Å². The minimum atomic E-state index is -0.430. The van der Waals surface area contributed by atoms with Crippen LogP contribution in [-0.2, 0) is 16.1 Å². The summed E-state index contributed by atoms with van der Waals surface area (Å²) in [5, 5.41) is 0. The molecule has 0 spiro atoms. The molecule has 2 nitrogen and oxygen atoms in total. The Kier molecular flexibility index (Phi) is 3.30. The van der Waals surface area contributed by atoms with Gasteiger partial charge >= 0.3 is 0 Å². The Labute approximate surface area is 93.8 Å². The summed E-state index contributed by atoms with van der Waals surface area (Å²) in [6, 6.07) is 9.91. The largest absolute Gasteiger partial charge is 0.461 e. The third kappa shape index (κ3) is 3.03. The second kappa shape index (κ2) is 4.89.